The van der Waals surface area contributed by atoms with Gasteiger partial charge >= 0.3 is 5.97 Å². The molecule has 2 unspecified atom stereocenters. The minimum absolute atomic E-state index is 0.249. The van der Waals surface area contributed by atoms with Crippen LogP contribution in [0, 0.1) is 17.5 Å². The summed E-state index contributed by atoms with van der Waals surface area (Å²) in [5.41, 5.74) is 6.21. The Morgan fingerprint density at radius 3 is 2.29 bits per heavy atom. The first-order chi connectivity index (χ1) is 16.0. The molecule has 1 aromatic carbocycles. The molecule has 0 saturated heterocycles. The number of rotatable bonds is 9. The number of aromatic nitrogens is 1. The van der Waals surface area contributed by atoms with Crippen LogP contribution in [0.15, 0.2) is 35.3 Å². The third-order valence-corrected chi connectivity index (χ3v) is 4.57. The lowest BCUT2D eigenvalue weighted by Gasteiger charge is -2.21. The lowest BCUT2D eigenvalue weighted by atomic mass is 10.1. The molecule has 2 rings (SSSR count). The molecule has 0 radical (unpaired) electrons. The second kappa shape index (κ2) is 11.4. The number of esters is 1. The zero-order valence-electron chi connectivity index (χ0n) is 18.9. The van der Waals surface area contributed by atoms with Crippen LogP contribution in [-0.4, -0.2) is 42.9 Å². The number of carbonyl (C=O) groups excluding carboxylic acids is 2. The molecule has 4 N–H and O–H groups in total. The first kappa shape index (κ1) is 26.5. The van der Waals surface area contributed by atoms with Crippen LogP contribution in [0.3, 0.4) is 0 Å². The predicted octanol–water partition coefficient (Wildman–Crippen LogP) is 1.83. The van der Waals surface area contributed by atoms with Crippen molar-refractivity contribution in [2.75, 3.05) is 19.6 Å². The van der Waals surface area contributed by atoms with Crippen LogP contribution in [0.1, 0.15) is 40.3 Å². The van der Waals surface area contributed by atoms with Gasteiger partial charge in [-0.3, -0.25) is 14.3 Å². The minimum Gasteiger partial charge on any atom is -0.490 e. The summed E-state index contributed by atoms with van der Waals surface area (Å²) in [5, 5.41) is 2.21. The average molecular weight is 482 g/mol. The van der Waals surface area contributed by atoms with Gasteiger partial charge in [0.25, 0.3) is 5.91 Å². The van der Waals surface area contributed by atoms with E-state index in [-0.39, 0.29) is 11.7 Å². The molecule has 0 fully saturated rings. The summed E-state index contributed by atoms with van der Waals surface area (Å²) in [6.45, 7) is 2.79. The highest BCUT2D eigenvalue weighted by molar-refractivity contribution is 5.97. The Hall–Kier alpha value is -3.80. The number of hydrogen-bond acceptors (Lipinski definition) is 7. The molecule has 2 atom stereocenters. The van der Waals surface area contributed by atoms with Gasteiger partial charge in [0.15, 0.2) is 11.4 Å². The van der Waals surface area contributed by atoms with E-state index in [0.29, 0.717) is 12.1 Å². The zero-order chi connectivity index (χ0) is 25.6. The Labute approximate surface area is 193 Å². The molecule has 184 valence electrons. The van der Waals surface area contributed by atoms with Crippen LogP contribution >= 0.6 is 0 Å². The van der Waals surface area contributed by atoms with Gasteiger partial charge in [0.2, 0.25) is 5.43 Å². The summed E-state index contributed by atoms with van der Waals surface area (Å²) in [6, 6.07) is 0.251. The predicted molar refractivity (Wildman–Crippen MR) is 118 cm³/mol. The van der Waals surface area contributed by atoms with Crippen molar-refractivity contribution in [3.8, 4) is 5.75 Å². The van der Waals surface area contributed by atoms with E-state index >= 15 is 0 Å². The van der Waals surface area contributed by atoms with Gasteiger partial charge in [-0.05, 0) is 13.8 Å². The Morgan fingerprint density at radius 1 is 1.15 bits per heavy atom. The van der Waals surface area contributed by atoms with E-state index in [9.17, 15) is 27.6 Å². The van der Waals surface area contributed by atoms with Gasteiger partial charge in [0, 0.05) is 36.5 Å². The molecule has 34 heavy (non-hydrogen) atoms. The van der Waals surface area contributed by atoms with E-state index in [2.05, 4.69) is 10.7 Å². The van der Waals surface area contributed by atoms with Crippen LogP contribution in [0.5, 0.6) is 5.75 Å². The lowest BCUT2D eigenvalue weighted by molar-refractivity contribution is 0.0583. The molecule has 0 bridgehead atoms. The van der Waals surface area contributed by atoms with Crippen molar-refractivity contribution in [2.45, 2.75) is 32.5 Å². The summed E-state index contributed by atoms with van der Waals surface area (Å²) in [4.78, 5) is 37.9. The normalized spacial score (nSPS) is 12.8. The number of carbonyl (C=O) groups is 2. The summed E-state index contributed by atoms with van der Waals surface area (Å²) < 4.78 is 51.8. The standard InChI is InChI=1S/C22H25F3N4O5/c1-11(26)5-6-12(2)28-29-10-15(19(30)20(33-3)18(29)22(32)34-4)21(31)27-9-14-16(24)7-13(23)8-17(14)25/h5-8,10-12,28H,9,26H2,1-4H3,(H,27,31)/b6-5-. The molecule has 9 nitrogen and oxygen atoms in total. The number of benzene rings is 1. The highest BCUT2D eigenvalue weighted by Gasteiger charge is 2.26. The molecule has 0 aliphatic heterocycles. The molecular weight excluding hydrogens is 457 g/mol. The average Bonchev–Trinajstić information content (AvgIpc) is 2.76. The van der Waals surface area contributed by atoms with Crippen LogP contribution in [0.2, 0.25) is 0 Å². The molecule has 1 aromatic heterocycles. The number of halogens is 3. The van der Waals surface area contributed by atoms with Crippen LogP contribution in [0.25, 0.3) is 0 Å². The van der Waals surface area contributed by atoms with Gasteiger partial charge in [-0.2, -0.15) is 0 Å². The third-order valence-electron chi connectivity index (χ3n) is 4.57. The number of ether oxygens (including phenoxy) is 2. The maximum absolute atomic E-state index is 13.9. The largest absolute Gasteiger partial charge is 0.490 e. The second-order valence-electron chi connectivity index (χ2n) is 7.31. The molecular formula is C22H25F3N4O5. The van der Waals surface area contributed by atoms with E-state index in [4.69, 9.17) is 15.2 Å². The van der Waals surface area contributed by atoms with Gasteiger partial charge in [-0.25, -0.2) is 18.0 Å². The van der Waals surface area contributed by atoms with Gasteiger partial charge in [0.05, 0.1) is 20.3 Å². The number of hydrogen-bond donors (Lipinski definition) is 3. The summed E-state index contributed by atoms with van der Waals surface area (Å²) in [7, 11) is 2.22. The molecule has 0 aliphatic carbocycles. The quantitative estimate of drug-likeness (QED) is 0.368. The van der Waals surface area contributed by atoms with Crippen molar-refractivity contribution in [1.29, 1.82) is 0 Å². The van der Waals surface area contributed by atoms with Gasteiger partial charge in [-0.15, -0.1) is 0 Å². The Kier molecular flexibility index (Phi) is 8.84. The fourth-order valence-corrected chi connectivity index (χ4v) is 2.94. The van der Waals surface area contributed by atoms with Crippen molar-refractivity contribution < 1.29 is 32.2 Å². The highest BCUT2D eigenvalue weighted by Crippen LogP contribution is 2.17. The summed E-state index contributed by atoms with van der Waals surface area (Å²) in [6.07, 6.45) is 4.41. The number of nitrogens with zero attached hydrogens (tertiary/aromatic N) is 1. The lowest BCUT2D eigenvalue weighted by Crippen LogP contribution is -2.36. The number of pyridine rings is 1. The van der Waals surface area contributed by atoms with E-state index < -0.39 is 64.2 Å². The second-order valence-corrected chi connectivity index (χ2v) is 7.31. The van der Waals surface area contributed by atoms with E-state index in [1.165, 1.54) is 0 Å². The number of amides is 1. The molecule has 0 saturated carbocycles. The first-order valence-electron chi connectivity index (χ1n) is 10.0. The SMILES string of the molecule is COC(=O)c1c(OC)c(=O)c(C(=O)NCc2c(F)cc(F)cc2F)cn1NC(C)/C=C\C(C)N. The molecule has 0 aliphatic rings. The Balaban J connectivity index is 2.48. The van der Waals surface area contributed by atoms with E-state index in [1.807, 2.05) is 0 Å². The van der Waals surface area contributed by atoms with Crippen LogP contribution < -0.4 is 26.6 Å². The smallest absolute Gasteiger partial charge is 0.360 e. The summed E-state index contributed by atoms with van der Waals surface area (Å²) in [5.74, 6) is -5.95. The van der Waals surface area contributed by atoms with E-state index in [1.54, 1.807) is 26.0 Å². The molecule has 1 heterocycles. The van der Waals surface area contributed by atoms with Crippen LogP contribution in [0.4, 0.5) is 13.2 Å². The maximum atomic E-state index is 13.9. The van der Waals surface area contributed by atoms with E-state index in [0.717, 1.165) is 25.1 Å². The van der Waals surface area contributed by atoms with Gasteiger partial charge < -0.3 is 25.9 Å². The fourth-order valence-electron chi connectivity index (χ4n) is 2.94. The van der Waals surface area contributed by atoms with Crippen molar-refractivity contribution in [3.63, 3.8) is 0 Å². The van der Waals surface area contributed by atoms with Crippen LogP contribution in [-0.2, 0) is 11.3 Å². The zero-order valence-corrected chi connectivity index (χ0v) is 18.9. The maximum Gasteiger partial charge on any atom is 0.360 e. The van der Waals surface area contributed by atoms with Crippen molar-refractivity contribution >= 4 is 11.9 Å². The summed E-state index contributed by atoms with van der Waals surface area (Å²) >= 11 is 0. The number of nitrogens with one attached hydrogen (secondary N) is 2. The Bertz CT molecular complexity index is 1140. The monoisotopic (exact) mass is 482 g/mol. The fraction of sp³-hybridized carbons (Fsp3) is 0.318. The molecule has 0 spiro atoms. The topological polar surface area (TPSA) is 125 Å². The minimum atomic E-state index is -1.20. The van der Waals surface area contributed by atoms with Gasteiger partial charge in [-0.1, -0.05) is 12.2 Å². The first-order valence-corrected chi connectivity index (χ1v) is 10.0. The molecule has 12 heteroatoms. The molecule has 1 amide bonds. The number of methoxy groups -OCH3 is 2. The molecule has 2 aromatic rings. The van der Waals surface area contributed by atoms with Gasteiger partial charge in [0.1, 0.15) is 23.0 Å². The number of nitrogens with two attached hydrogens (primary N) is 1. The van der Waals surface area contributed by atoms with Crippen molar-refractivity contribution in [1.82, 2.24) is 9.99 Å². The highest BCUT2D eigenvalue weighted by atomic mass is 19.1. The third kappa shape index (κ3) is 6.16. The Morgan fingerprint density at radius 2 is 1.76 bits per heavy atom. The van der Waals surface area contributed by atoms with Crippen molar-refractivity contribution in [3.05, 3.63) is 75.0 Å². The van der Waals surface area contributed by atoms with Crippen molar-refractivity contribution in [2.24, 2.45) is 5.73 Å².